The number of benzene rings is 2. The molecule has 0 spiro atoms. The van der Waals surface area contributed by atoms with Crippen LogP contribution in [-0.2, 0) is 0 Å². The molecule has 6 rings (SSSR count). The van der Waals surface area contributed by atoms with Crippen molar-refractivity contribution in [1.29, 1.82) is 0 Å². The predicted octanol–water partition coefficient (Wildman–Crippen LogP) is 3.02. The minimum Gasteiger partial charge on any atom is -0.303 e. The number of aromatic amines is 1. The molecule has 0 radical (unpaired) electrons. The second kappa shape index (κ2) is 6.21. The highest BCUT2D eigenvalue weighted by atomic mass is 16.1. The summed E-state index contributed by atoms with van der Waals surface area (Å²) in [4.78, 5) is 41.6. The number of fused-ring (bicyclic) bond motifs is 3. The van der Waals surface area contributed by atoms with Crippen LogP contribution < -0.4 is 5.69 Å². The lowest BCUT2D eigenvalue weighted by atomic mass is 9.86. The molecule has 1 unspecified atom stereocenters. The average molecular weight is 396 g/mol. The average Bonchev–Trinajstić information content (AvgIpc) is 3.34. The zero-order chi connectivity index (χ0) is 20.2. The molecule has 1 aliphatic rings. The molecule has 0 bridgehead atoms. The lowest BCUT2D eigenvalue weighted by molar-refractivity contribution is 0.0964. The number of rotatable bonds is 2. The fraction of sp³-hybridized carbons (Fsp3) is 0.136. The largest absolute Gasteiger partial charge is 0.328 e. The molecule has 3 aromatic heterocycles. The van der Waals surface area contributed by atoms with Gasteiger partial charge in [-0.1, -0.05) is 36.4 Å². The smallest absolute Gasteiger partial charge is 0.303 e. The molecule has 146 valence electrons. The monoisotopic (exact) mass is 396 g/mol. The van der Waals surface area contributed by atoms with Gasteiger partial charge in [-0.2, -0.15) is 4.98 Å². The van der Waals surface area contributed by atoms with E-state index in [2.05, 4.69) is 15.0 Å². The number of aromatic nitrogens is 6. The number of hydrogen-bond donors (Lipinski definition) is 1. The van der Waals surface area contributed by atoms with E-state index in [-0.39, 0.29) is 17.5 Å². The van der Waals surface area contributed by atoms with Crippen LogP contribution >= 0.6 is 0 Å². The zero-order valence-corrected chi connectivity index (χ0v) is 15.8. The Kier molecular flexibility index (Phi) is 3.49. The molecule has 30 heavy (non-hydrogen) atoms. The minimum atomic E-state index is -0.263. The first-order chi connectivity index (χ1) is 14.7. The van der Waals surface area contributed by atoms with E-state index in [1.54, 1.807) is 21.7 Å². The van der Waals surface area contributed by atoms with E-state index < -0.39 is 0 Å². The van der Waals surface area contributed by atoms with E-state index in [0.29, 0.717) is 35.5 Å². The van der Waals surface area contributed by atoms with E-state index in [0.717, 1.165) is 16.6 Å². The summed E-state index contributed by atoms with van der Waals surface area (Å²) < 4.78 is 3.44. The summed E-state index contributed by atoms with van der Waals surface area (Å²) in [5.41, 5.74) is 4.05. The number of imidazole rings is 2. The molecule has 0 fully saturated rings. The van der Waals surface area contributed by atoms with E-state index >= 15 is 0 Å². The molecule has 0 aliphatic heterocycles. The summed E-state index contributed by atoms with van der Waals surface area (Å²) in [6.07, 6.45) is 4.24. The number of carbonyl (C=O) groups excluding carboxylic acids is 1. The summed E-state index contributed by atoms with van der Waals surface area (Å²) >= 11 is 0. The summed E-state index contributed by atoms with van der Waals surface area (Å²) in [7, 11) is 0. The number of para-hydroxylation sites is 2. The van der Waals surface area contributed by atoms with Gasteiger partial charge in [0.2, 0.25) is 5.95 Å². The van der Waals surface area contributed by atoms with Crippen molar-refractivity contribution >= 4 is 28.0 Å². The molecule has 1 atom stereocenters. The Bertz CT molecular complexity index is 1510. The normalized spacial score (nSPS) is 16.3. The maximum absolute atomic E-state index is 12.9. The van der Waals surface area contributed by atoms with Crippen molar-refractivity contribution in [2.24, 2.45) is 0 Å². The third-order valence-electron chi connectivity index (χ3n) is 5.69. The Balaban J connectivity index is 1.57. The summed E-state index contributed by atoms with van der Waals surface area (Å²) in [5.74, 6) is 0.541. The molecule has 8 nitrogen and oxygen atoms in total. The molecular weight excluding hydrogens is 380 g/mol. The quantitative estimate of drug-likeness (QED) is 0.495. The van der Waals surface area contributed by atoms with Crippen molar-refractivity contribution in [2.75, 3.05) is 0 Å². The van der Waals surface area contributed by atoms with Gasteiger partial charge in [-0.15, -0.1) is 0 Å². The molecule has 0 saturated heterocycles. The van der Waals surface area contributed by atoms with Crippen LogP contribution in [0.3, 0.4) is 0 Å². The van der Waals surface area contributed by atoms with Crippen molar-refractivity contribution in [3.63, 3.8) is 0 Å². The van der Waals surface area contributed by atoms with Crippen LogP contribution in [0.5, 0.6) is 0 Å². The van der Waals surface area contributed by atoms with Gasteiger partial charge in [-0.25, -0.2) is 14.8 Å². The topological polar surface area (TPSA) is 98.5 Å². The fourth-order valence-corrected chi connectivity index (χ4v) is 4.30. The van der Waals surface area contributed by atoms with Gasteiger partial charge >= 0.3 is 5.69 Å². The molecule has 2 aromatic carbocycles. The number of carbonyl (C=O) groups is 1. The summed E-state index contributed by atoms with van der Waals surface area (Å²) in [5, 5.41) is 0. The summed E-state index contributed by atoms with van der Waals surface area (Å²) in [6, 6.07) is 14.9. The molecule has 0 saturated carbocycles. The van der Waals surface area contributed by atoms with Gasteiger partial charge in [0.15, 0.2) is 11.4 Å². The molecule has 0 amide bonds. The highest BCUT2D eigenvalue weighted by Gasteiger charge is 2.29. The maximum atomic E-state index is 12.9. The first-order valence-electron chi connectivity index (χ1n) is 9.72. The van der Waals surface area contributed by atoms with Crippen LogP contribution in [-0.4, -0.2) is 34.9 Å². The number of nitrogens with one attached hydrogen (secondary N) is 1. The predicted molar refractivity (Wildman–Crippen MR) is 111 cm³/mol. The Morgan fingerprint density at radius 2 is 1.83 bits per heavy atom. The number of Topliss-reactive ketones (excluding diaryl/α,β-unsaturated/α-hetero) is 1. The first-order valence-corrected chi connectivity index (χ1v) is 9.72. The first kappa shape index (κ1) is 16.8. The van der Waals surface area contributed by atoms with E-state index in [1.807, 2.05) is 48.5 Å². The maximum Gasteiger partial charge on any atom is 0.328 e. The van der Waals surface area contributed by atoms with Gasteiger partial charge in [0.05, 0.1) is 23.3 Å². The van der Waals surface area contributed by atoms with Crippen molar-refractivity contribution in [3.8, 4) is 5.95 Å². The number of ketones is 1. The molecular formula is C22H16N6O2. The Morgan fingerprint density at radius 1 is 1.00 bits per heavy atom. The minimum absolute atomic E-state index is 0.106. The summed E-state index contributed by atoms with van der Waals surface area (Å²) in [6.45, 7) is 0. The molecule has 1 aliphatic carbocycles. The third-order valence-corrected chi connectivity index (χ3v) is 5.69. The van der Waals surface area contributed by atoms with E-state index in [4.69, 9.17) is 4.98 Å². The second-order valence-electron chi connectivity index (χ2n) is 7.38. The van der Waals surface area contributed by atoms with Crippen molar-refractivity contribution in [3.05, 3.63) is 82.7 Å². The SMILES string of the molecule is O=C1CCC(n2c(=O)[nH]c3cnc(-n4cnc5ccccc54)nc32)c2ccccc21. The molecule has 1 N–H and O–H groups in total. The van der Waals surface area contributed by atoms with Crippen molar-refractivity contribution in [2.45, 2.75) is 18.9 Å². The van der Waals surface area contributed by atoms with Crippen LogP contribution in [0.4, 0.5) is 0 Å². The van der Waals surface area contributed by atoms with Crippen LogP contribution in [0, 0.1) is 0 Å². The highest BCUT2D eigenvalue weighted by molar-refractivity contribution is 5.98. The lowest BCUT2D eigenvalue weighted by Crippen LogP contribution is -2.28. The Hall–Kier alpha value is -4.07. The molecule has 5 aromatic rings. The lowest BCUT2D eigenvalue weighted by Gasteiger charge is -2.25. The number of hydrogen-bond acceptors (Lipinski definition) is 5. The Labute approximate surface area is 169 Å². The highest BCUT2D eigenvalue weighted by Crippen LogP contribution is 2.33. The molecule has 8 heteroatoms. The van der Waals surface area contributed by atoms with Gasteiger partial charge in [0, 0.05) is 12.0 Å². The van der Waals surface area contributed by atoms with Crippen molar-refractivity contribution in [1.82, 2.24) is 29.1 Å². The van der Waals surface area contributed by atoms with Crippen LogP contribution in [0.25, 0.3) is 28.1 Å². The fourth-order valence-electron chi connectivity index (χ4n) is 4.30. The zero-order valence-electron chi connectivity index (χ0n) is 15.8. The van der Waals surface area contributed by atoms with Gasteiger partial charge < -0.3 is 4.98 Å². The van der Waals surface area contributed by atoms with Gasteiger partial charge in [-0.3, -0.25) is 13.9 Å². The van der Waals surface area contributed by atoms with Gasteiger partial charge in [0.25, 0.3) is 0 Å². The number of nitrogens with zero attached hydrogens (tertiary/aromatic N) is 5. The van der Waals surface area contributed by atoms with Gasteiger partial charge in [-0.05, 0) is 24.1 Å². The van der Waals surface area contributed by atoms with Crippen LogP contribution in [0.1, 0.15) is 34.8 Å². The third kappa shape index (κ3) is 2.37. The number of H-pyrrole nitrogens is 1. The van der Waals surface area contributed by atoms with E-state index in [9.17, 15) is 9.59 Å². The second-order valence-corrected chi connectivity index (χ2v) is 7.38. The standard InChI is InChI=1S/C22H16N6O2/c29-19-10-9-17(13-5-1-2-6-14(13)19)28-20-16(25-22(28)30)11-23-21(26-20)27-12-24-15-7-3-4-8-18(15)27/h1-8,11-12,17H,9-10H2,(H,25,30). The van der Waals surface area contributed by atoms with Crippen LogP contribution in [0.15, 0.2) is 65.8 Å². The Morgan fingerprint density at radius 3 is 2.77 bits per heavy atom. The van der Waals surface area contributed by atoms with Gasteiger partial charge in [0.1, 0.15) is 11.8 Å². The van der Waals surface area contributed by atoms with E-state index in [1.165, 1.54) is 0 Å². The van der Waals surface area contributed by atoms with Crippen LogP contribution in [0.2, 0.25) is 0 Å². The molecule has 3 heterocycles. The van der Waals surface area contributed by atoms with Crippen molar-refractivity contribution < 1.29 is 4.79 Å².